The zero-order chi connectivity index (χ0) is 13.2. The fraction of sp³-hybridized carbons (Fsp3) is 0.533. The van der Waals surface area contributed by atoms with E-state index in [1.807, 2.05) is 34.1 Å². The number of nitrogens with two attached hydrogens (primary N) is 1. The lowest BCUT2D eigenvalue weighted by Crippen LogP contribution is -2.48. The third-order valence-corrected chi connectivity index (χ3v) is 4.15. The first-order valence-electron chi connectivity index (χ1n) is 7.18. The normalized spacial score (nSPS) is 23.1. The minimum atomic E-state index is 0.0570. The Bertz CT molecular complexity index is 468. The van der Waals surface area contributed by atoms with E-state index in [1.54, 1.807) is 0 Å². The third kappa shape index (κ3) is 2.32. The van der Waals surface area contributed by atoms with Crippen molar-refractivity contribution in [2.45, 2.75) is 31.7 Å². The number of likely N-dealkylation sites (tertiary alicyclic amines) is 1. The summed E-state index contributed by atoms with van der Waals surface area (Å²) in [6.07, 6.45) is 4.34. The molecule has 0 saturated carbocycles. The predicted octanol–water partition coefficient (Wildman–Crippen LogP) is 2.50. The van der Waals surface area contributed by atoms with E-state index in [9.17, 15) is 4.79 Å². The van der Waals surface area contributed by atoms with Gasteiger partial charge in [0.15, 0.2) is 0 Å². The molecule has 2 N–H and O–H groups in total. The second kappa shape index (κ2) is 5.21. The van der Waals surface area contributed by atoms with Crippen molar-refractivity contribution in [1.29, 1.82) is 0 Å². The molecule has 1 saturated heterocycles. The van der Waals surface area contributed by atoms with Crippen LogP contribution in [0.5, 0.6) is 0 Å². The molecule has 2 amide bonds. The molecule has 19 heavy (non-hydrogen) atoms. The molecule has 0 aliphatic carbocycles. The lowest BCUT2D eigenvalue weighted by Gasteiger charge is -2.37. The summed E-state index contributed by atoms with van der Waals surface area (Å²) in [7, 11) is 0. The Morgan fingerprint density at radius 1 is 1.11 bits per heavy atom. The van der Waals surface area contributed by atoms with Crippen molar-refractivity contribution >= 4 is 11.7 Å². The zero-order valence-corrected chi connectivity index (χ0v) is 11.2. The second-order valence-electron chi connectivity index (χ2n) is 5.44. The monoisotopic (exact) mass is 259 g/mol. The van der Waals surface area contributed by atoms with Gasteiger partial charge in [0.05, 0.1) is 5.69 Å². The number of para-hydroxylation sites is 1. The van der Waals surface area contributed by atoms with E-state index < -0.39 is 0 Å². The Labute approximate surface area is 114 Å². The van der Waals surface area contributed by atoms with Crippen LogP contribution in [0.1, 0.15) is 37.3 Å². The maximum absolute atomic E-state index is 12.6. The zero-order valence-electron chi connectivity index (χ0n) is 11.2. The number of fused-ring (bicyclic) bond motifs is 1. The van der Waals surface area contributed by atoms with Gasteiger partial charge >= 0.3 is 6.03 Å². The maximum atomic E-state index is 12.6. The first-order chi connectivity index (χ1) is 9.27. The van der Waals surface area contributed by atoms with Gasteiger partial charge in [-0.05, 0) is 37.3 Å². The van der Waals surface area contributed by atoms with Gasteiger partial charge in [0, 0.05) is 25.7 Å². The molecule has 0 bridgehead atoms. The summed E-state index contributed by atoms with van der Waals surface area (Å²) in [5.74, 6) is 0. The molecule has 4 heteroatoms. The van der Waals surface area contributed by atoms with Crippen LogP contribution >= 0.6 is 0 Å². The molecule has 1 aromatic rings. The fourth-order valence-electron chi connectivity index (χ4n) is 3.05. The number of benzene rings is 1. The lowest BCUT2D eigenvalue weighted by molar-refractivity contribution is 0.192. The molecule has 2 heterocycles. The topological polar surface area (TPSA) is 49.6 Å². The summed E-state index contributed by atoms with van der Waals surface area (Å²) in [6.45, 7) is 2.51. The highest BCUT2D eigenvalue weighted by Crippen LogP contribution is 2.33. The number of carbonyl (C=O) groups excluding carboxylic acids is 1. The molecule has 102 valence electrons. The number of urea groups is 1. The maximum Gasteiger partial charge on any atom is 0.324 e. The van der Waals surface area contributed by atoms with E-state index in [-0.39, 0.29) is 12.1 Å². The predicted molar refractivity (Wildman–Crippen MR) is 76.2 cm³/mol. The van der Waals surface area contributed by atoms with Crippen LogP contribution in [0.2, 0.25) is 0 Å². The van der Waals surface area contributed by atoms with Crippen LogP contribution < -0.4 is 10.6 Å². The molecule has 2 aliphatic rings. The number of hydrogen-bond donors (Lipinski definition) is 1. The number of hydrogen-bond acceptors (Lipinski definition) is 2. The Balaban J connectivity index is 1.85. The summed E-state index contributed by atoms with van der Waals surface area (Å²) in [5.41, 5.74) is 8.23. The number of nitrogens with zero attached hydrogens (tertiary/aromatic N) is 2. The number of anilines is 1. The van der Waals surface area contributed by atoms with Gasteiger partial charge < -0.3 is 10.6 Å². The molecule has 3 rings (SSSR count). The van der Waals surface area contributed by atoms with E-state index in [0.29, 0.717) is 0 Å². The molecule has 0 spiro atoms. The third-order valence-electron chi connectivity index (χ3n) is 4.15. The Morgan fingerprint density at radius 3 is 2.63 bits per heavy atom. The van der Waals surface area contributed by atoms with Crippen LogP contribution in [0, 0.1) is 0 Å². The van der Waals surface area contributed by atoms with Crippen molar-refractivity contribution in [3.8, 4) is 0 Å². The van der Waals surface area contributed by atoms with E-state index in [4.69, 9.17) is 5.73 Å². The van der Waals surface area contributed by atoms with Gasteiger partial charge in [0.1, 0.15) is 0 Å². The lowest BCUT2D eigenvalue weighted by atomic mass is 9.97. The summed E-state index contributed by atoms with van der Waals surface area (Å²) in [5, 5.41) is 0. The van der Waals surface area contributed by atoms with E-state index in [0.717, 1.165) is 50.1 Å². The van der Waals surface area contributed by atoms with Gasteiger partial charge in [-0.1, -0.05) is 18.2 Å². The minimum absolute atomic E-state index is 0.0570. The van der Waals surface area contributed by atoms with E-state index in [1.165, 1.54) is 6.42 Å². The Hall–Kier alpha value is -1.55. The Kier molecular flexibility index (Phi) is 3.42. The molecular weight excluding hydrogens is 238 g/mol. The molecule has 1 atom stereocenters. The van der Waals surface area contributed by atoms with Crippen molar-refractivity contribution in [2.24, 2.45) is 5.73 Å². The highest BCUT2D eigenvalue weighted by atomic mass is 16.2. The molecule has 0 aromatic heterocycles. The van der Waals surface area contributed by atoms with Crippen molar-refractivity contribution in [3.05, 3.63) is 29.8 Å². The fourth-order valence-corrected chi connectivity index (χ4v) is 3.05. The van der Waals surface area contributed by atoms with Crippen LogP contribution in [0.15, 0.2) is 24.3 Å². The van der Waals surface area contributed by atoms with E-state index in [2.05, 4.69) is 0 Å². The minimum Gasteiger partial charge on any atom is -0.324 e. The van der Waals surface area contributed by atoms with Crippen LogP contribution in [0.25, 0.3) is 0 Å². The first kappa shape index (κ1) is 12.5. The van der Waals surface area contributed by atoms with Gasteiger partial charge in [0.2, 0.25) is 0 Å². The van der Waals surface area contributed by atoms with Gasteiger partial charge in [-0.2, -0.15) is 0 Å². The highest BCUT2D eigenvalue weighted by molar-refractivity contribution is 5.93. The van der Waals surface area contributed by atoms with Gasteiger partial charge in [-0.3, -0.25) is 4.90 Å². The first-order valence-corrected chi connectivity index (χ1v) is 7.18. The quantitative estimate of drug-likeness (QED) is 0.778. The average Bonchev–Trinajstić information content (AvgIpc) is 2.48. The van der Waals surface area contributed by atoms with E-state index >= 15 is 0 Å². The van der Waals surface area contributed by atoms with Crippen molar-refractivity contribution in [3.63, 3.8) is 0 Å². The van der Waals surface area contributed by atoms with Crippen LogP contribution in [0.4, 0.5) is 10.5 Å². The largest absolute Gasteiger partial charge is 0.324 e. The van der Waals surface area contributed by atoms with Crippen molar-refractivity contribution in [2.75, 3.05) is 24.5 Å². The summed E-state index contributed by atoms with van der Waals surface area (Å²) in [6, 6.07) is 8.23. The average molecular weight is 259 g/mol. The number of rotatable bonds is 0. The van der Waals surface area contributed by atoms with Gasteiger partial charge in [0.25, 0.3) is 0 Å². The van der Waals surface area contributed by atoms with Crippen molar-refractivity contribution in [1.82, 2.24) is 4.90 Å². The molecule has 2 aliphatic heterocycles. The smallest absolute Gasteiger partial charge is 0.324 e. The number of carbonyl (C=O) groups is 1. The standard InChI is InChI=1S/C15H21N3O/c16-13-8-11-18(14-7-3-2-6-12(13)14)15(19)17-9-4-1-5-10-17/h2-3,6-7,13H,1,4-5,8-11,16H2. The number of amides is 2. The summed E-state index contributed by atoms with van der Waals surface area (Å²) >= 11 is 0. The van der Waals surface area contributed by atoms with Gasteiger partial charge in [-0.15, -0.1) is 0 Å². The molecule has 1 aromatic carbocycles. The summed E-state index contributed by atoms with van der Waals surface area (Å²) in [4.78, 5) is 16.5. The molecule has 1 fully saturated rings. The second-order valence-corrected chi connectivity index (χ2v) is 5.44. The number of piperidine rings is 1. The summed E-state index contributed by atoms with van der Waals surface area (Å²) < 4.78 is 0. The van der Waals surface area contributed by atoms with Gasteiger partial charge in [-0.25, -0.2) is 4.79 Å². The van der Waals surface area contributed by atoms with Crippen LogP contribution in [0.3, 0.4) is 0 Å². The van der Waals surface area contributed by atoms with Crippen LogP contribution in [-0.4, -0.2) is 30.6 Å². The molecule has 4 nitrogen and oxygen atoms in total. The highest BCUT2D eigenvalue weighted by Gasteiger charge is 2.29. The molecule has 0 radical (unpaired) electrons. The van der Waals surface area contributed by atoms with Crippen molar-refractivity contribution < 1.29 is 4.79 Å². The molecular formula is C15H21N3O. The Morgan fingerprint density at radius 2 is 1.84 bits per heavy atom. The van der Waals surface area contributed by atoms with Crippen LogP contribution in [-0.2, 0) is 0 Å². The molecule has 1 unspecified atom stereocenters. The SMILES string of the molecule is NC1CCN(C(=O)N2CCCCC2)c2ccccc21.